The molecule has 0 unspecified atom stereocenters. The fourth-order valence-corrected chi connectivity index (χ4v) is 6.31. The number of halogens is 1. The van der Waals surface area contributed by atoms with Crippen molar-refractivity contribution >= 4 is 59.9 Å². The maximum atomic E-state index is 12.7. The van der Waals surface area contributed by atoms with E-state index < -0.39 is 0 Å². The van der Waals surface area contributed by atoms with Crippen molar-refractivity contribution in [2.24, 2.45) is 11.8 Å². The molecule has 8 nitrogen and oxygen atoms in total. The zero-order chi connectivity index (χ0) is 20.4. The van der Waals surface area contributed by atoms with Crippen LogP contribution < -0.4 is 10.9 Å². The van der Waals surface area contributed by atoms with Crippen molar-refractivity contribution in [3.05, 3.63) is 38.2 Å². The standard InChI is InChI=1S/C20H19BrN6O2S/c21-14-9-27-20(30-14)15-17(25-27)16-13(24-19(15)29)5-12(6-23-16)18(28)22-1-2-26-7-10-3-11(4-10)8-26/h5-6,9-11H,1-4,7-8H2,(H,22,28)(H,24,29). The molecule has 7 rings (SSSR count). The molecule has 4 aromatic rings. The van der Waals surface area contributed by atoms with Crippen LogP contribution in [0.4, 0.5) is 0 Å². The van der Waals surface area contributed by atoms with E-state index in [1.165, 1.54) is 24.2 Å². The molecule has 2 saturated heterocycles. The van der Waals surface area contributed by atoms with Crippen LogP contribution in [0.25, 0.3) is 26.8 Å². The number of aromatic amines is 1. The van der Waals surface area contributed by atoms with Crippen LogP contribution in [0, 0.1) is 11.8 Å². The normalized spacial score (nSPS) is 21.4. The van der Waals surface area contributed by atoms with Crippen LogP contribution in [-0.4, -0.2) is 56.6 Å². The van der Waals surface area contributed by atoms with Gasteiger partial charge in [0.25, 0.3) is 11.5 Å². The van der Waals surface area contributed by atoms with Crippen molar-refractivity contribution in [2.75, 3.05) is 26.2 Å². The van der Waals surface area contributed by atoms with Crippen molar-refractivity contribution in [1.29, 1.82) is 0 Å². The van der Waals surface area contributed by atoms with Gasteiger partial charge in [-0.3, -0.25) is 14.6 Å². The van der Waals surface area contributed by atoms with Gasteiger partial charge in [0.15, 0.2) is 0 Å². The third kappa shape index (κ3) is 2.97. The predicted octanol–water partition coefficient (Wildman–Crippen LogP) is 2.62. The first-order valence-corrected chi connectivity index (χ1v) is 11.7. The zero-order valence-corrected chi connectivity index (χ0v) is 18.4. The molecule has 0 aromatic carbocycles. The maximum Gasteiger partial charge on any atom is 0.261 e. The monoisotopic (exact) mass is 486 g/mol. The number of carbonyl (C=O) groups is 1. The molecule has 2 aliphatic heterocycles. The van der Waals surface area contributed by atoms with Gasteiger partial charge < -0.3 is 15.2 Å². The summed E-state index contributed by atoms with van der Waals surface area (Å²) in [6.45, 7) is 3.79. The topological polar surface area (TPSA) is 95.4 Å². The number of fused-ring (bicyclic) bond motifs is 7. The van der Waals surface area contributed by atoms with E-state index in [4.69, 9.17) is 0 Å². The minimum atomic E-state index is -0.232. The first kappa shape index (κ1) is 18.5. The van der Waals surface area contributed by atoms with Crippen LogP contribution in [0.5, 0.6) is 0 Å². The summed E-state index contributed by atoms with van der Waals surface area (Å²) in [6.07, 6.45) is 6.12. The van der Waals surface area contributed by atoms with E-state index in [9.17, 15) is 9.59 Å². The molecule has 30 heavy (non-hydrogen) atoms. The molecule has 3 aliphatic rings. The van der Waals surface area contributed by atoms with Gasteiger partial charge in [-0.15, -0.1) is 11.3 Å². The van der Waals surface area contributed by atoms with E-state index in [1.807, 2.05) is 6.20 Å². The number of pyridine rings is 2. The smallest absolute Gasteiger partial charge is 0.261 e. The van der Waals surface area contributed by atoms with E-state index in [0.717, 1.165) is 40.1 Å². The van der Waals surface area contributed by atoms with Crippen LogP contribution in [0.2, 0.25) is 0 Å². The summed E-state index contributed by atoms with van der Waals surface area (Å²) >= 11 is 4.87. The van der Waals surface area contributed by atoms with Crippen molar-refractivity contribution in [1.82, 2.24) is 29.8 Å². The highest BCUT2D eigenvalue weighted by Crippen LogP contribution is 2.39. The molecule has 0 atom stereocenters. The average molecular weight is 487 g/mol. The number of H-pyrrole nitrogens is 1. The average Bonchev–Trinajstić information content (AvgIpc) is 3.23. The molecule has 4 aromatic heterocycles. The van der Waals surface area contributed by atoms with Crippen molar-refractivity contribution in [3.8, 4) is 0 Å². The summed E-state index contributed by atoms with van der Waals surface area (Å²) in [7, 11) is 0. The number of carbonyl (C=O) groups excluding carboxylic acids is 1. The first-order valence-electron chi connectivity index (χ1n) is 10.0. The third-order valence-electron chi connectivity index (χ3n) is 6.21. The lowest BCUT2D eigenvalue weighted by atomic mass is 9.71. The highest BCUT2D eigenvalue weighted by Gasteiger charge is 2.36. The SMILES string of the molecule is O=C(NCCN1CC2CC(C2)C1)c1cnc2c(c1)[nH]c(=O)c1c2nn2cc(Br)sc12. The number of aromatic nitrogens is 4. The van der Waals surface area contributed by atoms with Crippen molar-refractivity contribution in [3.63, 3.8) is 0 Å². The Morgan fingerprint density at radius 2 is 2.10 bits per heavy atom. The fraction of sp³-hybridized carbons (Fsp3) is 0.400. The second-order valence-electron chi connectivity index (χ2n) is 8.30. The fourth-order valence-electron chi connectivity index (χ4n) is 4.84. The Bertz CT molecular complexity index is 1360. The molecule has 154 valence electrons. The van der Waals surface area contributed by atoms with Gasteiger partial charge in [-0.25, -0.2) is 4.52 Å². The Kier molecular flexibility index (Phi) is 4.22. The minimum Gasteiger partial charge on any atom is -0.351 e. The van der Waals surface area contributed by atoms with E-state index >= 15 is 0 Å². The molecule has 3 fully saturated rings. The molecule has 2 bridgehead atoms. The van der Waals surface area contributed by atoms with E-state index in [-0.39, 0.29) is 11.5 Å². The Morgan fingerprint density at radius 3 is 2.90 bits per heavy atom. The Labute approximate surface area is 183 Å². The molecule has 0 radical (unpaired) electrons. The number of hydrogen-bond donors (Lipinski definition) is 2. The van der Waals surface area contributed by atoms with Crippen molar-refractivity contribution < 1.29 is 4.79 Å². The summed E-state index contributed by atoms with van der Waals surface area (Å²) in [5.74, 6) is 1.54. The molecule has 1 aliphatic carbocycles. The number of nitrogens with one attached hydrogen (secondary N) is 2. The first-order chi connectivity index (χ1) is 14.5. The zero-order valence-electron chi connectivity index (χ0n) is 16.0. The lowest BCUT2D eigenvalue weighted by Gasteiger charge is -2.47. The number of nitrogens with zero attached hydrogens (tertiary/aromatic N) is 4. The van der Waals surface area contributed by atoms with Crippen LogP contribution in [0.3, 0.4) is 0 Å². The highest BCUT2D eigenvalue weighted by molar-refractivity contribution is 9.11. The number of piperidine rings is 2. The van der Waals surface area contributed by atoms with Crippen LogP contribution >= 0.6 is 27.3 Å². The molecule has 2 N–H and O–H groups in total. The molecule has 10 heteroatoms. The highest BCUT2D eigenvalue weighted by atomic mass is 79.9. The molecule has 1 amide bonds. The summed E-state index contributed by atoms with van der Waals surface area (Å²) in [5.41, 5.74) is 1.84. The van der Waals surface area contributed by atoms with Gasteiger partial charge in [0.2, 0.25) is 0 Å². The van der Waals surface area contributed by atoms with E-state index in [1.54, 1.807) is 16.8 Å². The Morgan fingerprint density at radius 1 is 1.30 bits per heavy atom. The maximum absolute atomic E-state index is 12.7. The number of thiazole rings is 1. The molecule has 6 heterocycles. The van der Waals surface area contributed by atoms with Gasteiger partial charge in [0.1, 0.15) is 21.3 Å². The van der Waals surface area contributed by atoms with Crippen LogP contribution in [-0.2, 0) is 0 Å². The van der Waals surface area contributed by atoms with Crippen LogP contribution in [0.1, 0.15) is 23.2 Å². The number of rotatable bonds is 4. The quantitative estimate of drug-likeness (QED) is 0.462. The molecular weight excluding hydrogens is 468 g/mol. The lowest BCUT2D eigenvalue weighted by Crippen LogP contribution is -2.50. The van der Waals surface area contributed by atoms with Gasteiger partial charge in [0.05, 0.1) is 21.1 Å². The number of hydrogen-bond acceptors (Lipinski definition) is 6. The summed E-state index contributed by atoms with van der Waals surface area (Å²) in [4.78, 5) is 35.8. The van der Waals surface area contributed by atoms with Gasteiger partial charge in [-0.2, -0.15) is 5.10 Å². The van der Waals surface area contributed by atoms with Gasteiger partial charge >= 0.3 is 0 Å². The lowest BCUT2D eigenvalue weighted by molar-refractivity contribution is 0.0284. The second kappa shape index (κ2) is 6.86. The second-order valence-corrected chi connectivity index (χ2v) is 10.7. The summed E-state index contributed by atoms with van der Waals surface area (Å²) in [6, 6.07) is 1.68. The summed E-state index contributed by atoms with van der Waals surface area (Å²) in [5, 5.41) is 8.02. The minimum absolute atomic E-state index is 0.178. The Balaban J connectivity index is 1.24. The van der Waals surface area contributed by atoms with Crippen LogP contribution in [0.15, 0.2) is 27.0 Å². The van der Waals surface area contributed by atoms with Crippen molar-refractivity contribution in [2.45, 2.75) is 12.8 Å². The predicted molar refractivity (Wildman–Crippen MR) is 119 cm³/mol. The van der Waals surface area contributed by atoms with E-state index in [0.29, 0.717) is 34.0 Å². The largest absolute Gasteiger partial charge is 0.351 e. The molecular formula is C20H19BrN6O2S. The summed E-state index contributed by atoms with van der Waals surface area (Å²) < 4.78 is 2.58. The van der Waals surface area contributed by atoms with Gasteiger partial charge in [0, 0.05) is 32.4 Å². The van der Waals surface area contributed by atoms with Gasteiger partial charge in [-0.1, -0.05) is 0 Å². The number of amides is 1. The molecule has 0 spiro atoms. The Hall–Kier alpha value is -2.30. The molecule has 1 saturated carbocycles. The van der Waals surface area contributed by atoms with E-state index in [2.05, 4.69) is 41.2 Å². The van der Waals surface area contributed by atoms with Gasteiger partial charge in [-0.05, 0) is 46.7 Å². The third-order valence-corrected chi connectivity index (χ3v) is 7.79.